The lowest BCUT2D eigenvalue weighted by atomic mass is 10.1. The fraction of sp³-hybridized carbons (Fsp3) is 0.533. The van der Waals surface area contributed by atoms with E-state index in [1.807, 2.05) is 13.8 Å². The molecule has 1 aliphatic rings. The van der Waals surface area contributed by atoms with Gasteiger partial charge in [-0.25, -0.2) is 4.39 Å². The molecule has 0 aliphatic carbocycles. The van der Waals surface area contributed by atoms with Crippen molar-refractivity contribution in [1.82, 2.24) is 10.2 Å². The standard InChI is InChI=1S/C15H20BrFN2O2/c1-10(13-4-3-12(16)9-14(13)17)18-11(2)15(20)19-5-7-21-8-6-19/h3-4,9-11,18H,5-8H2,1-2H3. The molecule has 0 bridgehead atoms. The third kappa shape index (κ3) is 4.25. The fourth-order valence-corrected chi connectivity index (χ4v) is 2.78. The summed E-state index contributed by atoms with van der Waals surface area (Å²) in [5.74, 6) is -0.252. The van der Waals surface area contributed by atoms with E-state index >= 15 is 0 Å². The van der Waals surface area contributed by atoms with E-state index < -0.39 is 0 Å². The molecule has 4 nitrogen and oxygen atoms in total. The maximum atomic E-state index is 13.9. The summed E-state index contributed by atoms with van der Waals surface area (Å²) in [5, 5.41) is 3.17. The molecule has 1 amide bonds. The number of halogens is 2. The van der Waals surface area contributed by atoms with Crippen LogP contribution in [0.2, 0.25) is 0 Å². The summed E-state index contributed by atoms with van der Waals surface area (Å²) in [7, 11) is 0. The molecular formula is C15H20BrFN2O2. The number of carbonyl (C=O) groups excluding carboxylic acids is 1. The minimum Gasteiger partial charge on any atom is -0.378 e. The van der Waals surface area contributed by atoms with Crippen molar-refractivity contribution < 1.29 is 13.9 Å². The van der Waals surface area contributed by atoms with Gasteiger partial charge < -0.3 is 9.64 Å². The van der Waals surface area contributed by atoms with Crippen molar-refractivity contribution in [2.75, 3.05) is 26.3 Å². The summed E-state index contributed by atoms with van der Waals surface area (Å²) >= 11 is 3.24. The molecule has 2 unspecified atom stereocenters. The monoisotopic (exact) mass is 358 g/mol. The van der Waals surface area contributed by atoms with E-state index in [9.17, 15) is 9.18 Å². The highest BCUT2D eigenvalue weighted by molar-refractivity contribution is 9.10. The highest BCUT2D eigenvalue weighted by Gasteiger charge is 2.24. The second-order valence-corrected chi connectivity index (χ2v) is 6.13. The summed E-state index contributed by atoms with van der Waals surface area (Å²) in [6.07, 6.45) is 0. The van der Waals surface area contributed by atoms with Gasteiger partial charge in [0.2, 0.25) is 5.91 Å². The second kappa shape index (κ2) is 7.33. The molecule has 1 saturated heterocycles. The number of morpholine rings is 1. The van der Waals surface area contributed by atoms with Crippen molar-refractivity contribution >= 4 is 21.8 Å². The third-order valence-corrected chi connectivity index (χ3v) is 4.12. The molecule has 0 saturated carbocycles. The maximum Gasteiger partial charge on any atom is 0.239 e. The maximum absolute atomic E-state index is 13.9. The minimum absolute atomic E-state index is 0.0302. The van der Waals surface area contributed by atoms with Gasteiger partial charge in [-0.1, -0.05) is 22.0 Å². The Morgan fingerprint density at radius 2 is 2.05 bits per heavy atom. The number of nitrogens with one attached hydrogen (secondary N) is 1. The lowest BCUT2D eigenvalue weighted by Crippen LogP contribution is -2.49. The average molecular weight is 359 g/mol. The molecule has 1 N–H and O–H groups in total. The molecule has 0 aromatic heterocycles. The lowest BCUT2D eigenvalue weighted by Gasteiger charge is -2.30. The number of nitrogens with zero attached hydrogens (tertiary/aromatic N) is 1. The first-order valence-electron chi connectivity index (χ1n) is 7.06. The van der Waals surface area contributed by atoms with Crippen molar-refractivity contribution in [2.24, 2.45) is 0 Å². The molecule has 0 spiro atoms. The quantitative estimate of drug-likeness (QED) is 0.898. The zero-order valence-corrected chi connectivity index (χ0v) is 13.8. The molecule has 2 rings (SSSR count). The summed E-state index contributed by atoms with van der Waals surface area (Å²) in [5.41, 5.74) is 0.555. The largest absolute Gasteiger partial charge is 0.378 e. The Kier molecular flexibility index (Phi) is 5.72. The first kappa shape index (κ1) is 16.4. The van der Waals surface area contributed by atoms with Gasteiger partial charge in [0.25, 0.3) is 0 Å². The Balaban J connectivity index is 1.97. The number of ether oxygens (including phenoxy) is 1. The van der Waals surface area contributed by atoms with Crippen LogP contribution < -0.4 is 5.32 Å². The van der Waals surface area contributed by atoms with Crippen LogP contribution in [-0.4, -0.2) is 43.2 Å². The second-order valence-electron chi connectivity index (χ2n) is 5.21. The molecule has 21 heavy (non-hydrogen) atoms. The number of rotatable bonds is 4. The molecular weight excluding hydrogens is 339 g/mol. The summed E-state index contributed by atoms with van der Waals surface area (Å²) < 4.78 is 19.9. The third-order valence-electron chi connectivity index (χ3n) is 3.62. The van der Waals surface area contributed by atoms with Gasteiger partial charge in [0.15, 0.2) is 0 Å². The predicted octanol–water partition coefficient (Wildman–Crippen LogP) is 2.49. The van der Waals surface area contributed by atoms with E-state index in [1.54, 1.807) is 17.0 Å². The molecule has 116 valence electrons. The highest BCUT2D eigenvalue weighted by Crippen LogP contribution is 2.21. The molecule has 1 aromatic rings. The predicted molar refractivity (Wildman–Crippen MR) is 82.5 cm³/mol. The highest BCUT2D eigenvalue weighted by atomic mass is 79.9. The van der Waals surface area contributed by atoms with Crippen molar-refractivity contribution in [3.05, 3.63) is 34.1 Å². The fourth-order valence-electron chi connectivity index (χ4n) is 2.45. The molecule has 1 heterocycles. The van der Waals surface area contributed by atoms with Crippen LogP contribution in [-0.2, 0) is 9.53 Å². The zero-order chi connectivity index (χ0) is 15.4. The average Bonchev–Trinajstić information content (AvgIpc) is 2.47. The Morgan fingerprint density at radius 3 is 2.67 bits per heavy atom. The van der Waals surface area contributed by atoms with Gasteiger partial charge in [-0.2, -0.15) is 0 Å². The van der Waals surface area contributed by atoms with Gasteiger partial charge in [0.05, 0.1) is 19.3 Å². The van der Waals surface area contributed by atoms with Crippen molar-refractivity contribution in [3.63, 3.8) is 0 Å². The normalized spacial score (nSPS) is 18.4. The summed E-state index contributed by atoms with van der Waals surface area (Å²) in [6.45, 7) is 6.06. The van der Waals surface area contributed by atoms with Crippen LogP contribution in [0.4, 0.5) is 4.39 Å². The first-order chi connectivity index (χ1) is 9.99. The Labute approximate surface area is 132 Å². The van der Waals surface area contributed by atoms with Gasteiger partial charge in [-0.3, -0.25) is 10.1 Å². The molecule has 6 heteroatoms. The molecule has 1 fully saturated rings. The lowest BCUT2D eigenvalue weighted by molar-refractivity contribution is -0.137. The number of carbonyl (C=O) groups is 1. The van der Waals surface area contributed by atoms with Crippen molar-refractivity contribution in [1.29, 1.82) is 0 Å². The van der Waals surface area contributed by atoms with Crippen LogP contribution in [0.5, 0.6) is 0 Å². The van der Waals surface area contributed by atoms with E-state index in [-0.39, 0.29) is 23.8 Å². The van der Waals surface area contributed by atoms with Crippen LogP contribution in [0.15, 0.2) is 22.7 Å². The molecule has 1 aromatic carbocycles. The van der Waals surface area contributed by atoms with Crippen LogP contribution in [0, 0.1) is 5.82 Å². The van der Waals surface area contributed by atoms with E-state index in [1.165, 1.54) is 6.07 Å². The van der Waals surface area contributed by atoms with Gasteiger partial charge in [0.1, 0.15) is 5.82 Å². The topological polar surface area (TPSA) is 41.6 Å². The van der Waals surface area contributed by atoms with Crippen LogP contribution in [0.25, 0.3) is 0 Å². The van der Waals surface area contributed by atoms with Crippen LogP contribution in [0.1, 0.15) is 25.5 Å². The van der Waals surface area contributed by atoms with E-state index in [2.05, 4.69) is 21.2 Å². The molecule has 1 aliphatic heterocycles. The molecule has 2 atom stereocenters. The van der Waals surface area contributed by atoms with Gasteiger partial charge >= 0.3 is 0 Å². The van der Waals surface area contributed by atoms with Gasteiger partial charge in [-0.05, 0) is 26.0 Å². The zero-order valence-electron chi connectivity index (χ0n) is 12.2. The smallest absolute Gasteiger partial charge is 0.239 e. The SMILES string of the molecule is CC(NC(C)c1ccc(Br)cc1F)C(=O)N1CCOCC1. The molecule has 0 radical (unpaired) electrons. The van der Waals surface area contributed by atoms with Crippen LogP contribution >= 0.6 is 15.9 Å². The van der Waals surface area contributed by atoms with Gasteiger partial charge in [0, 0.05) is 29.2 Å². The van der Waals surface area contributed by atoms with Crippen LogP contribution in [0.3, 0.4) is 0 Å². The van der Waals surface area contributed by atoms with E-state index in [4.69, 9.17) is 4.74 Å². The first-order valence-corrected chi connectivity index (χ1v) is 7.86. The van der Waals surface area contributed by atoms with E-state index in [0.717, 1.165) is 0 Å². The van der Waals surface area contributed by atoms with Crippen molar-refractivity contribution in [3.8, 4) is 0 Å². The van der Waals surface area contributed by atoms with Crippen molar-refractivity contribution in [2.45, 2.75) is 25.9 Å². The summed E-state index contributed by atoms with van der Waals surface area (Å²) in [4.78, 5) is 14.1. The Hall–Kier alpha value is -0.980. The van der Waals surface area contributed by atoms with E-state index in [0.29, 0.717) is 36.3 Å². The number of amides is 1. The number of benzene rings is 1. The Morgan fingerprint density at radius 1 is 1.38 bits per heavy atom. The Bertz CT molecular complexity index is 506. The van der Waals surface area contributed by atoms with Gasteiger partial charge in [-0.15, -0.1) is 0 Å². The number of hydrogen-bond acceptors (Lipinski definition) is 3. The minimum atomic E-state index is -0.360. The summed E-state index contributed by atoms with van der Waals surface area (Å²) in [6, 6.07) is 4.36. The number of hydrogen-bond donors (Lipinski definition) is 1.